The normalized spacial score (nSPS) is 17.6. The Labute approximate surface area is 112 Å². The molecule has 0 atom stereocenters. The fourth-order valence-corrected chi connectivity index (χ4v) is 3.41. The summed E-state index contributed by atoms with van der Waals surface area (Å²) in [5, 5.41) is 2.90. The minimum atomic E-state index is 0.799. The Kier molecular flexibility index (Phi) is 3.35. The van der Waals surface area contributed by atoms with Crippen LogP contribution in [-0.2, 0) is 10.1 Å². The average molecular weight is 316 g/mol. The molecule has 0 aromatic carbocycles. The van der Waals surface area contributed by atoms with Gasteiger partial charge in [0.15, 0.2) is 10.8 Å². The molecule has 2 aromatic rings. The molecule has 3 heterocycles. The first-order valence-corrected chi connectivity index (χ1v) is 7.73. The van der Waals surface area contributed by atoms with Crippen molar-refractivity contribution < 1.29 is 4.74 Å². The van der Waals surface area contributed by atoms with Crippen LogP contribution in [-0.4, -0.2) is 35.7 Å². The van der Waals surface area contributed by atoms with Gasteiger partial charge in [-0.25, -0.2) is 4.98 Å². The number of thiazole rings is 1. The number of alkyl halides is 1. The maximum absolute atomic E-state index is 5.49. The van der Waals surface area contributed by atoms with Crippen LogP contribution in [0.25, 0.3) is 4.96 Å². The maximum Gasteiger partial charge on any atom is 0.195 e. The van der Waals surface area contributed by atoms with E-state index >= 15 is 0 Å². The molecule has 1 aliphatic rings. The minimum Gasteiger partial charge on any atom is -0.380 e. The van der Waals surface area contributed by atoms with Crippen LogP contribution in [0.1, 0.15) is 12.1 Å². The van der Waals surface area contributed by atoms with Gasteiger partial charge >= 0.3 is 0 Å². The number of aromatic nitrogens is 2. The van der Waals surface area contributed by atoms with Crippen LogP contribution < -0.4 is 4.90 Å². The molecule has 0 spiro atoms. The maximum atomic E-state index is 5.49. The molecule has 0 saturated carbocycles. The number of nitrogens with zero attached hydrogens (tertiary/aromatic N) is 3. The molecule has 2 aromatic heterocycles. The topological polar surface area (TPSA) is 29.8 Å². The number of anilines is 1. The molecule has 0 N–H and O–H groups in total. The first-order chi connectivity index (χ1) is 8.40. The Morgan fingerprint density at radius 2 is 2.35 bits per heavy atom. The predicted molar refractivity (Wildman–Crippen MR) is 73.3 cm³/mol. The molecule has 0 radical (unpaired) electrons. The Morgan fingerprint density at radius 1 is 1.41 bits per heavy atom. The third-order valence-electron chi connectivity index (χ3n) is 2.99. The van der Waals surface area contributed by atoms with Gasteiger partial charge in [0.25, 0.3) is 0 Å². The SMILES string of the molecule is BrCc1c(N2CCCOCC2)nc2sccn12. The highest BCUT2D eigenvalue weighted by Gasteiger charge is 2.19. The first kappa shape index (κ1) is 11.5. The number of ether oxygens (including phenoxy) is 1. The van der Waals surface area contributed by atoms with Crippen molar-refractivity contribution in [2.24, 2.45) is 0 Å². The van der Waals surface area contributed by atoms with E-state index in [9.17, 15) is 0 Å². The predicted octanol–water partition coefficient (Wildman–Crippen LogP) is 2.52. The summed E-state index contributed by atoms with van der Waals surface area (Å²) in [6, 6.07) is 0. The molecule has 4 nitrogen and oxygen atoms in total. The van der Waals surface area contributed by atoms with Gasteiger partial charge in [-0.3, -0.25) is 4.40 Å². The standard InChI is InChI=1S/C11H14BrN3OS/c12-8-9-10(13-11-15(9)4-7-17-11)14-2-1-5-16-6-3-14/h4,7H,1-3,5-6,8H2. The third kappa shape index (κ3) is 2.09. The molecule has 1 saturated heterocycles. The van der Waals surface area contributed by atoms with E-state index in [1.807, 2.05) is 0 Å². The van der Waals surface area contributed by atoms with E-state index in [1.165, 1.54) is 5.69 Å². The molecular formula is C11H14BrN3OS. The smallest absolute Gasteiger partial charge is 0.195 e. The molecule has 17 heavy (non-hydrogen) atoms. The van der Waals surface area contributed by atoms with Gasteiger partial charge in [0.1, 0.15) is 0 Å². The fraction of sp³-hybridized carbons (Fsp3) is 0.545. The summed E-state index contributed by atoms with van der Waals surface area (Å²) in [6.07, 6.45) is 3.16. The fourth-order valence-electron chi connectivity index (χ4n) is 2.16. The highest BCUT2D eigenvalue weighted by Crippen LogP contribution is 2.27. The van der Waals surface area contributed by atoms with Gasteiger partial charge in [0, 0.05) is 36.6 Å². The van der Waals surface area contributed by atoms with Gasteiger partial charge in [-0.2, -0.15) is 0 Å². The molecule has 92 valence electrons. The minimum absolute atomic E-state index is 0.799. The molecule has 0 bridgehead atoms. The van der Waals surface area contributed by atoms with Crippen LogP contribution in [0.3, 0.4) is 0 Å². The van der Waals surface area contributed by atoms with E-state index in [0.717, 1.165) is 48.8 Å². The zero-order valence-corrected chi connectivity index (χ0v) is 11.8. The molecule has 1 fully saturated rings. The molecule has 6 heteroatoms. The van der Waals surface area contributed by atoms with Crippen molar-refractivity contribution >= 4 is 38.0 Å². The highest BCUT2D eigenvalue weighted by molar-refractivity contribution is 9.08. The zero-order chi connectivity index (χ0) is 11.7. The lowest BCUT2D eigenvalue weighted by atomic mass is 10.3. The molecule has 1 aliphatic heterocycles. The highest BCUT2D eigenvalue weighted by atomic mass is 79.9. The lowest BCUT2D eigenvalue weighted by Gasteiger charge is -2.20. The summed E-state index contributed by atoms with van der Waals surface area (Å²) >= 11 is 5.25. The summed E-state index contributed by atoms with van der Waals surface area (Å²) in [5.74, 6) is 1.11. The largest absolute Gasteiger partial charge is 0.380 e. The zero-order valence-electron chi connectivity index (χ0n) is 9.43. The summed E-state index contributed by atoms with van der Waals surface area (Å²) in [5.41, 5.74) is 1.24. The Morgan fingerprint density at radius 3 is 3.24 bits per heavy atom. The van der Waals surface area contributed by atoms with Crippen LogP contribution >= 0.6 is 27.3 Å². The summed E-state index contributed by atoms with van der Waals surface area (Å²) in [6.45, 7) is 3.63. The van der Waals surface area contributed by atoms with E-state index in [0.29, 0.717) is 0 Å². The number of halogens is 1. The molecule has 0 unspecified atom stereocenters. The molecule has 0 aliphatic carbocycles. The van der Waals surface area contributed by atoms with E-state index in [1.54, 1.807) is 11.3 Å². The van der Waals surface area contributed by atoms with Crippen molar-refractivity contribution in [2.45, 2.75) is 11.8 Å². The van der Waals surface area contributed by atoms with Crippen molar-refractivity contribution in [3.63, 3.8) is 0 Å². The van der Waals surface area contributed by atoms with Gasteiger partial charge in [0.2, 0.25) is 0 Å². The van der Waals surface area contributed by atoms with E-state index < -0.39 is 0 Å². The summed E-state index contributed by atoms with van der Waals surface area (Å²) in [4.78, 5) is 8.14. The van der Waals surface area contributed by atoms with E-state index in [2.05, 4.69) is 36.8 Å². The second-order valence-electron chi connectivity index (χ2n) is 4.02. The summed E-state index contributed by atoms with van der Waals surface area (Å²) in [7, 11) is 0. The number of fused-ring (bicyclic) bond motifs is 1. The Balaban J connectivity index is 1.99. The van der Waals surface area contributed by atoms with Crippen molar-refractivity contribution in [3.8, 4) is 0 Å². The van der Waals surface area contributed by atoms with Crippen LogP contribution in [0.4, 0.5) is 5.82 Å². The van der Waals surface area contributed by atoms with Gasteiger partial charge in [-0.15, -0.1) is 11.3 Å². The quantitative estimate of drug-likeness (QED) is 0.798. The van der Waals surface area contributed by atoms with Crippen molar-refractivity contribution in [1.82, 2.24) is 9.38 Å². The van der Waals surface area contributed by atoms with Crippen LogP contribution in [0.2, 0.25) is 0 Å². The third-order valence-corrected chi connectivity index (χ3v) is 4.28. The first-order valence-electron chi connectivity index (χ1n) is 5.73. The number of rotatable bonds is 2. The van der Waals surface area contributed by atoms with Gasteiger partial charge < -0.3 is 9.64 Å². The Bertz CT molecular complexity index is 502. The lowest BCUT2D eigenvalue weighted by molar-refractivity contribution is 0.152. The van der Waals surface area contributed by atoms with Gasteiger partial charge in [-0.05, 0) is 6.42 Å². The lowest BCUT2D eigenvalue weighted by Crippen LogP contribution is -2.27. The summed E-state index contributed by atoms with van der Waals surface area (Å²) < 4.78 is 7.66. The monoisotopic (exact) mass is 315 g/mol. The van der Waals surface area contributed by atoms with Crippen LogP contribution in [0.5, 0.6) is 0 Å². The number of hydrogen-bond acceptors (Lipinski definition) is 4. The second kappa shape index (κ2) is 4.96. The van der Waals surface area contributed by atoms with Crippen LogP contribution in [0.15, 0.2) is 11.6 Å². The van der Waals surface area contributed by atoms with Crippen molar-refractivity contribution in [2.75, 3.05) is 31.2 Å². The van der Waals surface area contributed by atoms with Crippen molar-refractivity contribution in [1.29, 1.82) is 0 Å². The average Bonchev–Trinajstić information content (AvgIpc) is 2.80. The van der Waals surface area contributed by atoms with E-state index in [-0.39, 0.29) is 0 Å². The van der Waals surface area contributed by atoms with E-state index in [4.69, 9.17) is 9.72 Å². The molecule has 0 amide bonds. The van der Waals surface area contributed by atoms with Crippen LogP contribution in [0, 0.1) is 0 Å². The molecule has 3 rings (SSSR count). The van der Waals surface area contributed by atoms with Crippen molar-refractivity contribution in [3.05, 3.63) is 17.3 Å². The molecular weight excluding hydrogens is 302 g/mol. The second-order valence-corrected chi connectivity index (χ2v) is 5.46. The van der Waals surface area contributed by atoms with Gasteiger partial charge in [0.05, 0.1) is 12.3 Å². The number of imidazole rings is 1. The Hall–Kier alpha value is -0.590. The number of hydrogen-bond donors (Lipinski definition) is 0. The van der Waals surface area contributed by atoms with Gasteiger partial charge in [-0.1, -0.05) is 15.9 Å².